The molecule has 2 atom stereocenters. The van der Waals surface area contributed by atoms with Crippen molar-refractivity contribution < 1.29 is 9.84 Å². The maximum Gasteiger partial charge on any atom is 0.120 e. The maximum atomic E-state index is 11.5. The Morgan fingerprint density at radius 3 is 2.70 bits per heavy atom. The summed E-state index contributed by atoms with van der Waals surface area (Å²) in [6.07, 6.45) is 7.25. The molecule has 1 aliphatic rings. The highest BCUT2D eigenvalue weighted by Crippen LogP contribution is 2.44. The Kier molecular flexibility index (Phi) is 6.35. The first-order chi connectivity index (χ1) is 13.1. The van der Waals surface area contributed by atoms with E-state index in [0.717, 1.165) is 34.2 Å². The van der Waals surface area contributed by atoms with Crippen molar-refractivity contribution in [2.75, 3.05) is 7.11 Å². The molecule has 2 nitrogen and oxygen atoms in total. The molecule has 3 rings (SSSR count). The molecule has 3 heteroatoms. The van der Waals surface area contributed by atoms with E-state index in [1.807, 2.05) is 43.3 Å². The lowest BCUT2D eigenvalue weighted by atomic mass is 9.80. The van der Waals surface area contributed by atoms with Gasteiger partial charge < -0.3 is 9.84 Å². The molecular formula is C24H25BrO2. The third-order valence-corrected chi connectivity index (χ3v) is 5.60. The van der Waals surface area contributed by atoms with Crippen LogP contribution in [-0.4, -0.2) is 12.2 Å². The number of hydrogen-bond acceptors (Lipinski definition) is 2. The number of aliphatic hydroxyl groups excluding tert-OH is 1. The number of halogens is 1. The first-order valence-electron chi connectivity index (χ1n) is 9.17. The van der Waals surface area contributed by atoms with Crippen LogP contribution in [0.1, 0.15) is 42.1 Å². The topological polar surface area (TPSA) is 29.5 Å². The average Bonchev–Trinajstić information content (AvgIpc) is 2.83. The van der Waals surface area contributed by atoms with Gasteiger partial charge in [-0.2, -0.15) is 0 Å². The van der Waals surface area contributed by atoms with Crippen LogP contribution in [0.5, 0.6) is 5.75 Å². The smallest absolute Gasteiger partial charge is 0.120 e. The summed E-state index contributed by atoms with van der Waals surface area (Å²) in [5.74, 6) is 0.563. The summed E-state index contributed by atoms with van der Waals surface area (Å²) in [6, 6.07) is 14.2. The van der Waals surface area contributed by atoms with Gasteiger partial charge in [0.25, 0.3) is 0 Å². The van der Waals surface area contributed by atoms with Gasteiger partial charge in [-0.3, -0.25) is 0 Å². The number of fused-ring (bicyclic) bond motifs is 1. The van der Waals surface area contributed by atoms with Crippen LogP contribution in [0.25, 0.3) is 0 Å². The van der Waals surface area contributed by atoms with Gasteiger partial charge in [-0.1, -0.05) is 65.0 Å². The molecule has 140 valence electrons. The van der Waals surface area contributed by atoms with Gasteiger partial charge in [0.1, 0.15) is 5.75 Å². The molecule has 0 saturated heterocycles. The van der Waals surface area contributed by atoms with Gasteiger partial charge in [-0.15, -0.1) is 0 Å². The van der Waals surface area contributed by atoms with Crippen LogP contribution < -0.4 is 4.74 Å². The van der Waals surface area contributed by atoms with Gasteiger partial charge in [0.05, 0.1) is 13.2 Å². The molecule has 0 saturated carbocycles. The molecule has 1 N–H and O–H groups in total. The molecule has 0 amide bonds. The van der Waals surface area contributed by atoms with E-state index in [4.69, 9.17) is 4.74 Å². The first-order valence-corrected chi connectivity index (χ1v) is 9.96. The molecule has 0 aliphatic heterocycles. The number of hydrogen-bond donors (Lipinski definition) is 1. The van der Waals surface area contributed by atoms with Gasteiger partial charge in [0, 0.05) is 10.4 Å². The Hall–Kier alpha value is -2.10. The van der Waals surface area contributed by atoms with Crippen LogP contribution in [0.4, 0.5) is 0 Å². The highest BCUT2D eigenvalue weighted by molar-refractivity contribution is 9.10. The van der Waals surface area contributed by atoms with E-state index >= 15 is 0 Å². The lowest BCUT2D eigenvalue weighted by Gasteiger charge is -2.27. The first kappa shape index (κ1) is 19.7. The molecule has 0 fully saturated rings. The second kappa shape index (κ2) is 8.73. The number of benzene rings is 2. The lowest BCUT2D eigenvalue weighted by Crippen LogP contribution is -2.14. The van der Waals surface area contributed by atoms with E-state index in [1.165, 1.54) is 16.7 Å². The van der Waals surface area contributed by atoms with E-state index in [0.29, 0.717) is 0 Å². The van der Waals surface area contributed by atoms with E-state index in [2.05, 4.69) is 46.8 Å². The number of aliphatic hydroxyl groups is 1. The lowest BCUT2D eigenvalue weighted by molar-refractivity contribution is 0.158. The fourth-order valence-electron chi connectivity index (χ4n) is 3.86. The van der Waals surface area contributed by atoms with Gasteiger partial charge in [-0.05, 0) is 65.8 Å². The largest absolute Gasteiger partial charge is 0.497 e. The van der Waals surface area contributed by atoms with Gasteiger partial charge in [0.2, 0.25) is 0 Å². The summed E-state index contributed by atoms with van der Waals surface area (Å²) in [5.41, 5.74) is 5.60. The van der Waals surface area contributed by atoms with Crippen molar-refractivity contribution in [3.05, 3.63) is 99.6 Å². The molecule has 1 aliphatic carbocycles. The minimum absolute atomic E-state index is 0.160. The summed E-state index contributed by atoms with van der Waals surface area (Å²) in [5, 5.41) is 11.5. The van der Waals surface area contributed by atoms with Crippen molar-refractivity contribution in [1.82, 2.24) is 0 Å². The zero-order valence-electron chi connectivity index (χ0n) is 15.8. The third-order valence-electron chi connectivity index (χ3n) is 5.14. The number of rotatable bonds is 5. The van der Waals surface area contributed by atoms with Crippen molar-refractivity contribution in [2.45, 2.75) is 31.8 Å². The second-order valence-corrected chi connectivity index (χ2v) is 7.65. The standard InChI is InChI=1S/C24H25BrO2/c1-4-8-21-16(5-2)11-12-17-9-6-7-10-22(17)23(21)24(26)18-13-19(25)15-20(14-18)27-3/h4-10,13-15,23-24,26H,2,11-12H2,1,3H3/b8-4-. The summed E-state index contributed by atoms with van der Waals surface area (Å²) in [7, 11) is 1.64. The highest BCUT2D eigenvalue weighted by atomic mass is 79.9. The van der Waals surface area contributed by atoms with Crippen LogP contribution in [0, 0.1) is 0 Å². The second-order valence-electron chi connectivity index (χ2n) is 6.73. The maximum absolute atomic E-state index is 11.5. The van der Waals surface area contributed by atoms with E-state index < -0.39 is 6.10 Å². The summed E-state index contributed by atoms with van der Waals surface area (Å²) in [4.78, 5) is 0. The summed E-state index contributed by atoms with van der Waals surface area (Å²) < 4.78 is 6.29. The van der Waals surface area contributed by atoms with Crippen molar-refractivity contribution in [2.24, 2.45) is 0 Å². The van der Waals surface area contributed by atoms with Crippen LogP contribution >= 0.6 is 15.9 Å². The Balaban J connectivity index is 2.20. The predicted octanol–water partition coefficient (Wildman–Crippen LogP) is 6.28. The number of ether oxygens (including phenoxy) is 1. The van der Waals surface area contributed by atoms with Crippen LogP contribution in [0.2, 0.25) is 0 Å². The minimum Gasteiger partial charge on any atom is -0.497 e. The molecule has 0 heterocycles. The number of aryl methyl sites for hydroxylation is 1. The minimum atomic E-state index is -0.697. The van der Waals surface area contributed by atoms with E-state index in [1.54, 1.807) is 7.11 Å². The van der Waals surface area contributed by atoms with E-state index in [-0.39, 0.29) is 5.92 Å². The predicted molar refractivity (Wildman–Crippen MR) is 115 cm³/mol. The number of methoxy groups -OCH3 is 1. The fourth-order valence-corrected chi connectivity index (χ4v) is 4.35. The Morgan fingerprint density at radius 1 is 1.22 bits per heavy atom. The SMILES string of the molecule is C=CC1=C(/C=C\C)C(C(O)c2cc(Br)cc(OC)c2)c2ccccc2CC1. The van der Waals surface area contributed by atoms with Gasteiger partial charge >= 0.3 is 0 Å². The normalized spacial score (nSPS) is 18.1. The Morgan fingerprint density at radius 2 is 2.00 bits per heavy atom. The molecule has 27 heavy (non-hydrogen) atoms. The molecule has 0 bridgehead atoms. The fraction of sp³-hybridized carbons (Fsp3) is 0.250. The Bertz CT molecular complexity index is 895. The summed E-state index contributed by atoms with van der Waals surface area (Å²) in [6.45, 7) is 6.04. The zero-order valence-corrected chi connectivity index (χ0v) is 17.4. The average molecular weight is 425 g/mol. The van der Waals surface area contributed by atoms with E-state index in [9.17, 15) is 5.11 Å². The van der Waals surface area contributed by atoms with Crippen LogP contribution in [0.15, 0.2) is 82.9 Å². The van der Waals surface area contributed by atoms with Crippen LogP contribution in [0.3, 0.4) is 0 Å². The molecule has 0 spiro atoms. The quantitative estimate of drug-likeness (QED) is 0.611. The van der Waals surface area contributed by atoms with Crippen molar-refractivity contribution >= 4 is 15.9 Å². The van der Waals surface area contributed by atoms with Crippen LogP contribution in [-0.2, 0) is 6.42 Å². The molecule has 0 aromatic heterocycles. The van der Waals surface area contributed by atoms with Gasteiger partial charge in [0.15, 0.2) is 0 Å². The Labute approximate surface area is 170 Å². The van der Waals surface area contributed by atoms with Gasteiger partial charge in [-0.25, -0.2) is 0 Å². The molecule has 2 unspecified atom stereocenters. The van der Waals surface area contributed by atoms with Crippen molar-refractivity contribution in [1.29, 1.82) is 0 Å². The zero-order chi connectivity index (χ0) is 19.4. The number of allylic oxidation sites excluding steroid dienone is 4. The molecule has 0 radical (unpaired) electrons. The molecule has 2 aromatic rings. The molecule has 2 aromatic carbocycles. The van der Waals surface area contributed by atoms with Crippen molar-refractivity contribution in [3.8, 4) is 5.75 Å². The highest BCUT2D eigenvalue weighted by Gasteiger charge is 2.31. The monoisotopic (exact) mass is 424 g/mol. The molecular weight excluding hydrogens is 400 g/mol. The summed E-state index contributed by atoms with van der Waals surface area (Å²) >= 11 is 3.53. The van der Waals surface area contributed by atoms with Crippen molar-refractivity contribution in [3.63, 3.8) is 0 Å². The third kappa shape index (κ3) is 4.10.